The fraction of sp³-hybridized carbons (Fsp3) is 0.600. The van der Waals surface area contributed by atoms with Gasteiger partial charge in [0.2, 0.25) is 10.0 Å². The fourth-order valence-electron chi connectivity index (χ4n) is 2.68. The summed E-state index contributed by atoms with van der Waals surface area (Å²) < 4.78 is 38.2. The Balaban J connectivity index is 2.33. The van der Waals surface area contributed by atoms with Crippen molar-refractivity contribution in [2.45, 2.75) is 37.4 Å². The Kier molecular flexibility index (Phi) is 4.72. The third-order valence-corrected chi connectivity index (χ3v) is 5.49. The lowest BCUT2D eigenvalue weighted by Gasteiger charge is -2.41. The molecule has 21 heavy (non-hydrogen) atoms. The lowest BCUT2D eigenvalue weighted by atomic mass is 10.1. The summed E-state index contributed by atoms with van der Waals surface area (Å²) in [5, 5.41) is 0. The smallest absolute Gasteiger partial charge is 0.243 e. The molecule has 0 radical (unpaired) electrons. The molecule has 0 bridgehead atoms. The Labute approximate surface area is 126 Å². The van der Waals surface area contributed by atoms with Crippen LogP contribution in [0.15, 0.2) is 29.2 Å². The molecule has 1 saturated heterocycles. The molecule has 1 atom stereocenters. The number of benzene rings is 1. The number of morpholine rings is 1. The molecule has 0 saturated carbocycles. The second kappa shape index (κ2) is 6.04. The molecule has 1 heterocycles. The van der Waals surface area contributed by atoms with E-state index in [-0.39, 0.29) is 6.10 Å². The first kappa shape index (κ1) is 16.4. The van der Waals surface area contributed by atoms with Crippen LogP contribution in [-0.4, -0.2) is 51.2 Å². The maximum Gasteiger partial charge on any atom is 0.243 e. The number of hydrogen-bond donors (Lipinski definition) is 0. The number of hydrogen-bond acceptors (Lipinski definition) is 4. The van der Waals surface area contributed by atoms with Gasteiger partial charge in [-0.15, -0.1) is 0 Å². The van der Waals surface area contributed by atoms with Gasteiger partial charge in [-0.05, 0) is 32.4 Å². The molecule has 5 nitrogen and oxygen atoms in total. The van der Waals surface area contributed by atoms with Gasteiger partial charge < -0.3 is 9.47 Å². The molecular weight excluding hydrogens is 290 g/mol. The van der Waals surface area contributed by atoms with E-state index in [1.807, 2.05) is 32.9 Å². The second-order valence-corrected chi connectivity index (χ2v) is 7.92. The molecule has 1 aromatic carbocycles. The van der Waals surface area contributed by atoms with E-state index in [2.05, 4.69) is 0 Å². The first-order chi connectivity index (χ1) is 9.76. The number of methoxy groups -OCH3 is 1. The van der Waals surface area contributed by atoms with Crippen LogP contribution in [0.1, 0.15) is 19.4 Å². The van der Waals surface area contributed by atoms with E-state index < -0.39 is 15.6 Å². The van der Waals surface area contributed by atoms with Gasteiger partial charge in [-0.3, -0.25) is 0 Å². The van der Waals surface area contributed by atoms with Crippen molar-refractivity contribution in [1.29, 1.82) is 0 Å². The predicted octanol–water partition coefficient (Wildman–Crippen LogP) is 1.81. The Morgan fingerprint density at radius 2 is 2.05 bits per heavy atom. The molecule has 0 spiro atoms. The molecule has 2 rings (SSSR count). The molecule has 0 aliphatic carbocycles. The van der Waals surface area contributed by atoms with Crippen LogP contribution in [-0.2, 0) is 19.5 Å². The van der Waals surface area contributed by atoms with Gasteiger partial charge in [-0.2, -0.15) is 4.31 Å². The molecule has 1 aromatic rings. The molecular formula is C15H23NO4S. The quantitative estimate of drug-likeness (QED) is 0.851. The summed E-state index contributed by atoms with van der Waals surface area (Å²) >= 11 is 0. The van der Waals surface area contributed by atoms with Gasteiger partial charge in [-0.25, -0.2) is 8.42 Å². The van der Waals surface area contributed by atoms with E-state index in [0.717, 1.165) is 5.56 Å². The van der Waals surface area contributed by atoms with Gasteiger partial charge in [0.15, 0.2) is 0 Å². The van der Waals surface area contributed by atoms with E-state index in [1.165, 1.54) is 4.31 Å². The molecule has 0 amide bonds. The van der Waals surface area contributed by atoms with E-state index in [4.69, 9.17) is 9.47 Å². The highest BCUT2D eigenvalue weighted by molar-refractivity contribution is 7.89. The van der Waals surface area contributed by atoms with Crippen molar-refractivity contribution >= 4 is 10.0 Å². The summed E-state index contributed by atoms with van der Waals surface area (Å²) in [6, 6.07) is 7.05. The monoisotopic (exact) mass is 313 g/mol. The van der Waals surface area contributed by atoms with Crippen molar-refractivity contribution in [2.24, 2.45) is 0 Å². The van der Waals surface area contributed by atoms with Gasteiger partial charge in [0, 0.05) is 20.2 Å². The Morgan fingerprint density at radius 1 is 1.38 bits per heavy atom. The number of rotatable bonds is 4. The van der Waals surface area contributed by atoms with Crippen molar-refractivity contribution in [3.8, 4) is 0 Å². The van der Waals surface area contributed by atoms with Crippen molar-refractivity contribution in [3.05, 3.63) is 29.8 Å². The minimum Gasteiger partial charge on any atom is -0.382 e. The number of ether oxygens (including phenoxy) is 2. The van der Waals surface area contributed by atoms with E-state index >= 15 is 0 Å². The highest BCUT2D eigenvalue weighted by atomic mass is 32.2. The summed E-state index contributed by atoms with van der Waals surface area (Å²) in [4.78, 5) is 0.360. The van der Waals surface area contributed by atoms with Gasteiger partial charge in [0.25, 0.3) is 0 Å². The zero-order valence-electron chi connectivity index (χ0n) is 13.0. The van der Waals surface area contributed by atoms with E-state index in [0.29, 0.717) is 24.6 Å². The minimum absolute atomic E-state index is 0.252. The fourth-order valence-corrected chi connectivity index (χ4v) is 4.53. The summed E-state index contributed by atoms with van der Waals surface area (Å²) in [5.41, 5.74) is 0.224. The third kappa shape index (κ3) is 3.63. The van der Waals surface area contributed by atoms with Gasteiger partial charge in [-0.1, -0.05) is 18.2 Å². The van der Waals surface area contributed by atoms with Crippen LogP contribution >= 0.6 is 0 Å². The molecule has 1 aliphatic heterocycles. The van der Waals surface area contributed by atoms with Gasteiger partial charge in [0.05, 0.1) is 23.2 Å². The number of sulfonamides is 1. The average molecular weight is 313 g/mol. The van der Waals surface area contributed by atoms with Crippen molar-refractivity contribution in [1.82, 2.24) is 4.31 Å². The summed E-state index contributed by atoms with van der Waals surface area (Å²) in [5.74, 6) is 0. The highest BCUT2D eigenvalue weighted by Crippen LogP contribution is 2.27. The topological polar surface area (TPSA) is 55.8 Å². The molecule has 1 aliphatic rings. The summed E-state index contributed by atoms with van der Waals surface area (Å²) in [7, 11) is -1.93. The molecule has 1 unspecified atom stereocenters. The van der Waals surface area contributed by atoms with Crippen LogP contribution in [0.3, 0.4) is 0 Å². The van der Waals surface area contributed by atoms with Gasteiger partial charge >= 0.3 is 0 Å². The number of aryl methyl sites for hydroxylation is 1. The largest absolute Gasteiger partial charge is 0.382 e. The van der Waals surface area contributed by atoms with Crippen LogP contribution in [0, 0.1) is 6.92 Å². The lowest BCUT2D eigenvalue weighted by Crippen LogP contribution is -2.55. The highest BCUT2D eigenvalue weighted by Gasteiger charge is 2.39. The minimum atomic E-state index is -3.52. The van der Waals surface area contributed by atoms with E-state index in [9.17, 15) is 8.42 Å². The SMILES string of the molecule is COCC1CN(S(=O)(=O)c2ccccc2C)CC(C)(C)O1. The van der Waals surface area contributed by atoms with Crippen molar-refractivity contribution < 1.29 is 17.9 Å². The summed E-state index contributed by atoms with van der Waals surface area (Å²) in [6.07, 6.45) is -0.252. The average Bonchev–Trinajstić information content (AvgIpc) is 2.37. The molecule has 118 valence electrons. The zero-order valence-corrected chi connectivity index (χ0v) is 13.8. The van der Waals surface area contributed by atoms with Crippen LogP contribution in [0.4, 0.5) is 0 Å². The Morgan fingerprint density at radius 3 is 2.67 bits per heavy atom. The van der Waals surface area contributed by atoms with Crippen LogP contribution in [0.5, 0.6) is 0 Å². The first-order valence-electron chi connectivity index (χ1n) is 6.99. The zero-order chi connectivity index (χ0) is 15.7. The van der Waals surface area contributed by atoms with Gasteiger partial charge in [0.1, 0.15) is 0 Å². The van der Waals surface area contributed by atoms with Crippen LogP contribution in [0.2, 0.25) is 0 Å². The standard InChI is InChI=1S/C15H23NO4S/c1-12-7-5-6-8-14(12)21(17,18)16-9-13(10-19-4)20-15(2,3)11-16/h5-8,13H,9-11H2,1-4H3. The maximum atomic E-state index is 12.9. The summed E-state index contributed by atoms with van der Waals surface area (Å²) in [6.45, 7) is 6.64. The maximum absolute atomic E-state index is 12.9. The molecule has 6 heteroatoms. The van der Waals surface area contributed by atoms with Crippen LogP contribution in [0.25, 0.3) is 0 Å². The van der Waals surface area contributed by atoms with Crippen molar-refractivity contribution in [2.75, 3.05) is 26.8 Å². The van der Waals surface area contributed by atoms with Crippen LogP contribution < -0.4 is 0 Å². The third-order valence-electron chi connectivity index (χ3n) is 3.51. The first-order valence-corrected chi connectivity index (χ1v) is 8.43. The number of nitrogens with zero attached hydrogens (tertiary/aromatic N) is 1. The molecule has 0 N–H and O–H groups in total. The van der Waals surface area contributed by atoms with E-state index in [1.54, 1.807) is 19.2 Å². The normalized spacial score (nSPS) is 23.1. The van der Waals surface area contributed by atoms with Crippen molar-refractivity contribution in [3.63, 3.8) is 0 Å². The molecule has 0 aromatic heterocycles. The second-order valence-electron chi connectivity index (χ2n) is 6.02. The molecule has 1 fully saturated rings. The predicted molar refractivity (Wildman–Crippen MR) is 80.8 cm³/mol. The Bertz CT molecular complexity index is 597. The lowest BCUT2D eigenvalue weighted by molar-refractivity contribution is -0.135. The Hall–Kier alpha value is -0.950.